The van der Waals surface area contributed by atoms with Gasteiger partial charge in [0.2, 0.25) is 0 Å². The van der Waals surface area contributed by atoms with Crippen LogP contribution >= 0.6 is 0 Å². The average Bonchev–Trinajstić information content (AvgIpc) is 2.61. The van der Waals surface area contributed by atoms with E-state index < -0.39 is 22.9 Å². The standard InChI is InChI=1S/C18H18N2O6/c1-12(18(22)19-15-8-3-4-9-16(15)20(23)24)26-17(21)11-13-6-5-7-14(10-13)25-2/h3-10,12H,11H2,1-2H3,(H,19,22)/t12-/m1/s1. The summed E-state index contributed by atoms with van der Waals surface area (Å²) >= 11 is 0. The number of carbonyl (C=O) groups excluding carboxylic acids is 2. The predicted octanol–water partition coefficient (Wildman–Crippen LogP) is 2.72. The van der Waals surface area contributed by atoms with Crippen molar-refractivity contribution in [3.05, 3.63) is 64.2 Å². The summed E-state index contributed by atoms with van der Waals surface area (Å²) in [6.07, 6.45) is -1.13. The van der Waals surface area contributed by atoms with Crippen LogP contribution < -0.4 is 10.1 Å². The number of nitro groups is 1. The molecule has 0 spiro atoms. The van der Waals surface area contributed by atoms with Gasteiger partial charge >= 0.3 is 5.97 Å². The Kier molecular flexibility index (Phi) is 6.26. The highest BCUT2D eigenvalue weighted by Gasteiger charge is 2.21. The average molecular weight is 358 g/mol. The molecule has 0 heterocycles. The Balaban J connectivity index is 1.96. The molecule has 8 nitrogen and oxygen atoms in total. The van der Waals surface area contributed by atoms with E-state index in [1.807, 2.05) is 0 Å². The van der Waals surface area contributed by atoms with Gasteiger partial charge in [-0.2, -0.15) is 0 Å². The van der Waals surface area contributed by atoms with Gasteiger partial charge in [0.05, 0.1) is 18.5 Å². The molecule has 0 aliphatic rings. The molecule has 0 fully saturated rings. The van der Waals surface area contributed by atoms with Crippen LogP contribution in [-0.2, 0) is 20.7 Å². The Morgan fingerprint density at radius 1 is 1.19 bits per heavy atom. The van der Waals surface area contributed by atoms with Crippen molar-refractivity contribution in [1.29, 1.82) is 0 Å². The maximum absolute atomic E-state index is 12.1. The topological polar surface area (TPSA) is 108 Å². The molecule has 136 valence electrons. The van der Waals surface area contributed by atoms with Crippen LogP contribution in [0.4, 0.5) is 11.4 Å². The number of hydrogen-bond donors (Lipinski definition) is 1. The number of carbonyl (C=O) groups is 2. The van der Waals surface area contributed by atoms with E-state index in [0.29, 0.717) is 11.3 Å². The van der Waals surface area contributed by atoms with Crippen LogP contribution in [0.3, 0.4) is 0 Å². The molecule has 1 atom stereocenters. The summed E-state index contributed by atoms with van der Waals surface area (Å²) < 4.78 is 10.2. The lowest BCUT2D eigenvalue weighted by Gasteiger charge is -2.14. The summed E-state index contributed by atoms with van der Waals surface area (Å²) in [5.41, 5.74) is 0.481. The molecule has 0 saturated carbocycles. The number of benzene rings is 2. The molecule has 0 aromatic heterocycles. The molecular formula is C18H18N2O6. The first-order valence-corrected chi connectivity index (χ1v) is 7.77. The van der Waals surface area contributed by atoms with E-state index in [4.69, 9.17) is 9.47 Å². The van der Waals surface area contributed by atoms with Crippen molar-refractivity contribution in [3.63, 3.8) is 0 Å². The SMILES string of the molecule is COc1cccc(CC(=O)O[C@H](C)C(=O)Nc2ccccc2[N+](=O)[O-])c1. The normalized spacial score (nSPS) is 11.3. The molecule has 8 heteroatoms. The molecule has 1 amide bonds. The van der Waals surface area contributed by atoms with Crippen molar-refractivity contribution in [2.45, 2.75) is 19.4 Å². The molecule has 0 radical (unpaired) electrons. The fourth-order valence-corrected chi connectivity index (χ4v) is 2.21. The minimum Gasteiger partial charge on any atom is -0.497 e. The van der Waals surface area contributed by atoms with Gasteiger partial charge in [0, 0.05) is 6.07 Å². The number of nitrogens with one attached hydrogen (secondary N) is 1. The molecule has 0 saturated heterocycles. The van der Waals surface area contributed by atoms with Gasteiger partial charge in [-0.05, 0) is 30.7 Å². The van der Waals surface area contributed by atoms with Gasteiger partial charge < -0.3 is 14.8 Å². The summed E-state index contributed by atoms with van der Waals surface area (Å²) in [6, 6.07) is 12.6. The van der Waals surface area contributed by atoms with Crippen molar-refractivity contribution in [3.8, 4) is 5.75 Å². The van der Waals surface area contributed by atoms with E-state index in [-0.39, 0.29) is 17.8 Å². The molecule has 2 aromatic rings. The third-order valence-corrected chi connectivity index (χ3v) is 3.52. The Hall–Kier alpha value is -3.42. The number of anilines is 1. The number of para-hydroxylation sites is 2. The quantitative estimate of drug-likeness (QED) is 0.463. The van der Waals surface area contributed by atoms with Crippen molar-refractivity contribution in [1.82, 2.24) is 0 Å². The van der Waals surface area contributed by atoms with Gasteiger partial charge in [-0.3, -0.25) is 19.7 Å². The van der Waals surface area contributed by atoms with E-state index in [1.54, 1.807) is 30.3 Å². The number of nitro benzene ring substituents is 1. The lowest BCUT2D eigenvalue weighted by Crippen LogP contribution is -2.30. The third kappa shape index (κ3) is 5.04. The fourth-order valence-electron chi connectivity index (χ4n) is 2.21. The van der Waals surface area contributed by atoms with Crippen molar-refractivity contribution in [2.75, 3.05) is 12.4 Å². The van der Waals surface area contributed by atoms with Gasteiger partial charge in [-0.1, -0.05) is 24.3 Å². The van der Waals surface area contributed by atoms with Crippen LogP contribution in [0, 0.1) is 10.1 Å². The molecule has 1 N–H and O–H groups in total. The first-order valence-electron chi connectivity index (χ1n) is 7.77. The lowest BCUT2D eigenvalue weighted by molar-refractivity contribution is -0.383. The van der Waals surface area contributed by atoms with Gasteiger partial charge in [0.1, 0.15) is 11.4 Å². The second-order valence-electron chi connectivity index (χ2n) is 5.42. The molecular weight excluding hydrogens is 340 g/mol. The second-order valence-corrected chi connectivity index (χ2v) is 5.42. The van der Waals surface area contributed by atoms with Gasteiger partial charge in [0.25, 0.3) is 11.6 Å². The van der Waals surface area contributed by atoms with Crippen LogP contribution in [-0.4, -0.2) is 30.0 Å². The zero-order valence-corrected chi connectivity index (χ0v) is 14.3. The highest BCUT2D eigenvalue weighted by atomic mass is 16.6. The molecule has 0 aliphatic carbocycles. The Labute approximate surface area is 149 Å². The van der Waals surface area contributed by atoms with Crippen molar-refractivity contribution in [2.24, 2.45) is 0 Å². The lowest BCUT2D eigenvalue weighted by atomic mass is 10.1. The number of rotatable bonds is 7. The Morgan fingerprint density at radius 3 is 2.62 bits per heavy atom. The Bertz CT molecular complexity index is 821. The molecule has 0 unspecified atom stereocenters. The smallest absolute Gasteiger partial charge is 0.311 e. The molecule has 0 bridgehead atoms. The largest absolute Gasteiger partial charge is 0.497 e. The first kappa shape index (κ1) is 18.9. The fraction of sp³-hybridized carbons (Fsp3) is 0.222. The minimum absolute atomic E-state index is 0.0275. The molecule has 2 aromatic carbocycles. The first-order chi connectivity index (χ1) is 12.4. The van der Waals surface area contributed by atoms with Gasteiger partial charge in [-0.15, -0.1) is 0 Å². The van der Waals surface area contributed by atoms with Gasteiger partial charge in [-0.25, -0.2) is 0 Å². The third-order valence-electron chi connectivity index (χ3n) is 3.52. The van der Waals surface area contributed by atoms with E-state index in [2.05, 4.69) is 5.32 Å². The Morgan fingerprint density at radius 2 is 1.92 bits per heavy atom. The highest BCUT2D eigenvalue weighted by molar-refractivity contribution is 5.96. The van der Waals surface area contributed by atoms with Crippen LogP contribution in [0.25, 0.3) is 0 Å². The van der Waals surface area contributed by atoms with Crippen molar-refractivity contribution >= 4 is 23.3 Å². The van der Waals surface area contributed by atoms with Crippen LogP contribution in [0.5, 0.6) is 5.75 Å². The number of amides is 1. The van der Waals surface area contributed by atoms with E-state index >= 15 is 0 Å². The van der Waals surface area contributed by atoms with Crippen LogP contribution in [0.15, 0.2) is 48.5 Å². The van der Waals surface area contributed by atoms with Crippen LogP contribution in [0.2, 0.25) is 0 Å². The number of hydrogen-bond acceptors (Lipinski definition) is 6. The minimum atomic E-state index is -1.10. The second kappa shape index (κ2) is 8.61. The number of nitrogens with zero attached hydrogens (tertiary/aromatic N) is 1. The van der Waals surface area contributed by atoms with Gasteiger partial charge in [0.15, 0.2) is 6.10 Å². The highest BCUT2D eigenvalue weighted by Crippen LogP contribution is 2.23. The van der Waals surface area contributed by atoms with E-state index in [0.717, 1.165) is 0 Å². The molecule has 26 heavy (non-hydrogen) atoms. The summed E-state index contributed by atoms with van der Waals surface area (Å²) in [6.45, 7) is 1.40. The summed E-state index contributed by atoms with van der Waals surface area (Å²) in [5.74, 6) is -0.640. The zero-order valence-electron chi connectivity index (χ0n) is 14.3. The number of esters is 1. The number of methoxy groups -OCH3 is 1. The summed E-state index contributed by atoms with van der Waals surface area (Å²) in [7, 11) is 1.52. The maximum Gasteiger partial charge on any atom is 0.311 e. The molecule has 0 aliphatic heterocycles. The van der Waals surface area contributed by atoms with Crippen LogP contribution in [0.1, 0.15) is 12.5 Å². The zero-order chi connectivity index (χ0) is 19.1. The van der Waals surface area contributed by atoms with E-state index in [9.17, 15) is 19.7 Å². The number of ether oxygens (including phenoxy) is 2. The monoisotopic (exact) mass is 358 g/mol. The summed E-state index contributed by atoms with van der Waals surface area (Å²) in [4.78, 5) is 34.5. The van der Waals surface area contributed by atoms with E-state index in [1.165, 1.54) is 32.2 Å². The van der Waals surface area contributed by atoms with Crippen molar-refractivity contribution < 1.29 is 24.0 Å². The predicted molar refractivity (Wildman–Crippen MR) is 94.0 cm³/mol. The maximum atomic E-state index is 12.1. The summed E-state index contributed by atoms with van der Waals surface area (Å²) in [5, 5.41) is 13.4. The molecule has 2 rings (SSSR count).